The molecule has 0 radical (unpaired) electrons. The lowest BCUT2D eigenvalue weighted by molar-refractivity contribution is -0.123. The summed E-state index contributed by atoms with van der Waals surface area (Å²) in [5.74, 6) is 1.36. The van der Waals surface area contributed by atoms with Crippen molar-refractivity contribution < 1.29 is 19.0 Å². The summed E-state index contributed by atoms with van der Waals surface area (Å²) in [6.45, 7) is 3.50. The fraction of sp³-hybridized carbons (Fsp3) is 0.296. The second-order valence-electron chi connectivity index (χ2n) is 7.89. The number of ether oxygens (including phenoxy) is 3. The van der Waals surface area contributed by atoms with E-state index in [1.54, 1.807) is 7.11 Å². The highest BCUT2D eigenvalue weighted by molar-refractivity contribution is 5.78. The van der Waals surface area contributed by atoms with E-state index >= 15 is 0 Å². The van der Waals surface area contributed by atoms with Crippen molar-refractivity contribution in [2.75, 3.05) is 46.6 Å². The van der Waals surface area contributed by atoms with Gasteiger partial charge in [-0.25, -0.2) is 0 Å². The zero-order valence-corrected chi connectivity index (χ0v) is 18.9. The van der Waals surface area contributed by atoms with Crippen LogP contribution in [0, 0.1) is 0 Å². The van der Waals surface area contributed by atoms with Crippen LogP contribution in [0.25, 0.3) is 11.1 Å². The molecule has 1 fully saturated rings. The van der Waals surface area contributed by atoms with Crippen LogP contribution in [0.3, 0.4) is 0 Å². The molecule has 172 valence electrons. The quantitative estimate of drug-likeness (QED) is 0.540. The van der Waals surface area contributed by atoms with Gasteiger partial charge in [-0.05, 0) is 29.3 Å². The third kappa shape index (κ3) is 6.12. The first-order valence-corrected chi connectivity index (χ1v) is 11.2. The van der Waals surface area contributed by atoms with Crippen LogP contribution in [-0.2, 0) is 9.53 Å². The monoisotopic (exact) mass is 446 g/mol. The van der Waals surface area contributed by atoms with E-state index in [0.717, 1.165) is 35.5 Å². The molecule has 0 saturated carbocycles. The molecule has 1 saturated heterocycles. The average Bonchev–Trinajstić information content (AvgIpc) is 2.89. The Labute approximate surface area is 195 Å². The van der Waals surface area contributed by atoms with Crippen molar-refractivity contribution in [1.29, 1.82) is 0 Å². The van der Waals surface area contributed by atoms with Gasteiger partial charge in [-0.3, -0.25) is 9.69 Å². The summed E-state index contributed by atoms with van der Waals surface area (Å²) in [6, 6.07) is 25.9. The first kappa shape index (κ1) is 22.8. The number of nitrogens with one attached hydrogen (secondary N) is 1. The number of benzene rings is 3. The molecular formula is C27H30N2O4. The fourth-order valence-corrected chi connectivity index (χ4v) is 4.03. The van der Waals surface area contributed by atoms with Crippen LogP contribution in [0.5, 0.6) is 11.5 Å². The van der Waals surface area contributed by atoms with Gasteiger partial charge in [0.05, 0.1) is 26.4 Å². The van der Waals surface area contributed by atoms with Gasteiger partial charge in [0, 0.05) is 25.2 Å². The van der Waals surface area contributed by atoms with Crippen molar-refractivity contribution in [3.63, 3.8) is 0 Å². The van der Waals surface area contributed by atoms with Gasteiger partial charge in [0.25, 0.3) is 5.91 Å². The van der Waals surface area contributed by atoms with Gasteiger partial charge in [0.2, 0.25) is 0 Å². The van der Waals surface area contributed by atoms with E-state index in [0.29, 0.717) is 25.5 Å². The van der Waals surface area contributed by atoms with Crippen LogP contribution < -0.4 is 14.8 Å². The zero-order valence-electron chi connectivity index (χ0n) is 18.9. The van der Waals surface area contributed by atoms with Crippen molar-refractivity contribution in [2.45, 2.75) is 6.04 Å². The van der Waals surface area contributed by atoms with E-state index in [9.17, 15) is 4.79 Å². The highest BCUT2D eigenvalue weighted by Gasteiger charge is 2.23. The molecule has 3 aromatic carbocycles. The molecule has 1 atom stereocenters. The summed E-state index contributed by atoms with van der Waals surface area (Å²) < 4.78 is 16.7. The third-order valence-electron chi connectivity index (χ3n) is 5.81. The van der Waals surface area contributed by atoms with Crippen LogP contribution in [-0.4, -0.2) is 57.4 Å². The Kier molecular flexibility index (Phi) is 7.95. The molecular weight excluding hydrogens is 416 g/mol. The Balaban J connectivity index is 1.39. The maximum atomic E-state index is 12.7. The Morgan fingerprint density at radius 3 is 2.39 bits per heavy atom. The van der Waals surface area contributed by atoms with Crippen LogP contribution in [0.15, 0.2) is 78.9 Å². The molecule has 0 bridgehead atoms. The molecule has 4 rings (SSSR count). The summed E-state index contributed by atoms with van der Waals surface area (Å²) in [6.07, 6.45) is 0. The van der Waals surface area contributed by atoms with E-state index < -0.39 is 0 Å². The highest BCUT2D eigenvalue weighted by Crippen LogP contribution is 2.29. The molecule has 1 aliphatic heterocycles. The molecule has 0 aliphatic carbocycles. The number of para-hydroxylation sites is 1. The van der Waals surface area contributed by atoms with E-state index in [1.807, 2.05) is 66.7 Å². The van der Waals surface area contributed by atoms with E-state index in [-0.39, 0.29) is 18.6 Å². The molecule has 3 aromatic rings. The average molecular weight is 447 g/mol. The first-order valence-electron chi connectivity index (χ1n) is 11.2. The predicted octanol–water partition coefficient (Wildman–Crippen LogP) is 3.93. The van der Waals surface area contributed by atoms with Crippen LogP contribution in [0.4, 0.5) is 0 Å². The second kappa shape index (κ2) is 11.5. The minimum atomic E-state index is -0.148. The standard InChI is InChI=1S/C27H30N2O4/c1-31-23-13-11-22(12-14-23)25(29-15-17-32-18-16-29)19-28-27(30)20-33-26-10-6-5-9-24(26)21-7-3-2-4-8-21/h2-14,25H,15-20H2,1H3,(H,28,30)/t25-/m1/s1. The fourth-order valence-electron chi connectivity index (χ4n) is 4.03. The minimum absolute atomic E-state index is 0.0394. The van der Waals surface area contributed by atoms with Crippen molar-refractivity contribution in [3.8, 4) is 22.6 Å². The Hall–Kier alpha value is -3.35. The predicted molar refractivity (Wildman–Crippen MR) is 129 cm³/mol. The number of hydrogen-bond donors (Lipinski definition) is 1. The van der Waals surface area contributed by atoms with Crippen LogP contribution >= 0.6 is 0 Å². The van der Waals surface area contributed by atoms with Crippen molar-refractivity contribution in [2.24, 2.45) is 0 Å². The van der Waals surface area contributed by atoms with Gasteiger partial charge in [0.1, 0.15) is 11.5 Å². The van der Waals surface area contributed by atoms with Gasteiger partial charge < -0.3 is 19.5 Å². The third-order valence-corrected chi connectivity index (χ3v) is 5.81. The molecule has 6 nitrogen and oxygen atoms in total. The lowest BCUT2D eigenvalue weighted by atomic mass is 10.0. The molecule has 0 spiro atoms. The summed E-state index contributed by atoms with van der Waals surface area (Å²) in [5.41, 5.74) is 3.16. The molecule has 6 heteroatoms. The number of morpholine rings is 1. The zero-order chi connectivity index (χ0) is 22.9. The topological polar surface area (TPSA) is 60.0 Å². The largest absolute Gasteiger partial charge is 0.497 e. The number of carbonyl (C=O) groups is 1. The highest BCUT2D eigenvalue weighted by atomic mass is 16.5. The number of amides is 1. The normalized spacial score (nSPS) is 14.9. The molecule has 1 N–H and O–H groups in total. The van der Waals surface area contributed by atoms with Crippen LogP contribution in [0.1, 0.15) is 11.6 Å². The van der Waals surface area contributed by atoms with Gasteiger partial charge in [-0.15, -0.1) is 0 Å². The Morgan fingerprint density at radius 2 is 1.67 bits per heavy atom. The van der Waals surface area contributed by atoms with E-state index in [1.165, 1.54) is 0 Å². The Bertz CT molecular complexity index is 1020. The maximum absolute atomic E-state index is 12.7. The lowest BCUT2D eigenvalue weighted by Gasteiger charge is -2.35. The first-order chi connectivity index (χ1) is 16.2. The molecule has 1 amide bonds. The summed E-state index contributed by atoms with van der Waals surface area (Å²) in [4.78, 5) is 15.0. The number of methoxy groups -OCH3 is 1. The molecule has 0 aromatic heterocycles. The van der Waals surface area contributed by atoms with Gasteiger partial charge >= 0.3 is 0 Å². The smallest absolute Gasteiger partial charge is 0.258 e. The second-order valence-corrected chi connectivity index (χ2v) is 7.89. The summed E-state index contributed by atoms with van der Waals surface area (Å²) >= 11 is 0. The summed E-state index contributed by atoms with van der Waals surface area (Å²) in [7, 11) is 1.66. The van der Waals surface area contributed by atoms with Crippen molar-refractivity contribution in [1.82, 2.24) is 10.2 Å². The number of hydrogen-bond acceptors (Lipinski definition) is 5. The number of nitrogens with zero attached hydrogens (tertiary/aromatic N) is 1. The SMILES string of the molecule is COc1ccc([C@@H](CNC(=O)COc2ccccc2-c2ccccc2)N2CCOCC2)cc1. The van der Waals surface area contributed by atoms with Crippen LogP contribution in [0.2, 0.25) is 0 Å². The molecule has 1 heterocycles. The minimum Gasteiger partial charge on any atom is -0.497 e. The van der Waals surface area contributed by atoms with Gasteiger partial charge in [0.15, 0.2) is 6.61 Å². The van der Waals surface area contributed by atoms with Gasteiger partial charge in [-0.1, -0.05) is 60.7 Å². The lowest BCUT2D eigenvalue weighted by Crippen LogP contribution is -2.44. The molecule has 33 heavy (non-hydrogen) atoms. The number of carbonyl (C=O) groups excluding carboxylic acids is 1. The van der Waals surface area contributed by atoms with Crippen molar-refractivity contribution in [3.05, 3.63) is 84.4 Å². The Morgan fingerprint density at radius 1 is 0.970 bits per heavy atom. The van der Waals surface area contributed by atoms with Gasteiger partial charge in [-0.2, -0.15) is 0 Å². The number of rotatable bonds is 9. The van der Waals surface area contributed by atoms with E-state index in [2.05, 4.69) is 22.3 Å². The summed E-state index contributed by atoms with van der Waals surface area (Å²) in [5, 5.41) is 3.06. The molecule has 0 unspecified atom stereocenters. The van der Waals surface area contributed by atoms with Crippen molar-refractivity contribution >= 4 is 5.91 Å². The van der Waals surface area contributed by atoms with E-state index in [4.69, 9.17) is 14.2 Å². The molecule has 1 aliphatic rings. The maximum Gasteiger partial charge on any atom is 0.258 e.